The molecule has 1 heterocycles. The van der Waals surface area contributed by atoms with E-state index in [4.69, 9.17) is 9.47 Å². The largest absolute Gasteiger partial charge is 0.351 e. The maximum atomic E-state index is 11.8. The van der Waals surface area contributed by atoms with Gasteiger partial charge in [0.25, 0.3) is 5.91 Å². The molecule has 96 valence electrons. The Bertz CT molecular complexity index is 345. The number of rotatable bonds is 7. The van der Waals surface area contributed by atoms with Gasteiger partial charge in [0.2, 0.25) is 0 Å². The molecular weight excluding hydrogens is 238 g/mol. The molecule has 0 unspecified atom stereocenters. The molecule has 1 aromatic rings. The summed E-state index contributed by atoms with van der Waals surface area (Å²) in [7, 11) is 0. The number of carbonyl (C=O) groups is 1. The lowest BCUT2D eigenvalue weighted by Gasteiger charge is -2.17. The summed E-state index contributed by atoms with van der Waals surface area (Å²) in [5.41, 5.74) is 0.997. The average Bonchev–Trinajstić information content (AvgIpc) is 2.72. The Balaban J connectivity index is 2.43. The first-order valence-corrected chi connectivity index (χ1v) is 6.62. The zero-order chi connectivity index (χ0) is 12.7. The van der Waals surface area contributed by atoms with E-state index >= 15 is 0 Å². The first-order valence-electron chi connectivity index (χ1n) is 5.74. The van der Waals surface area contributed by atoms with Gasteiger partial charge in [-0.05, 0) is 37.8 Å². The monoisotopic (exact) mass is 257 g/mol. The summed E-state index contributed by atoms with van der Waals surface area (Å²) in [5.74, 6) is -0.0677. The number of ether oxygens (including phenoxy) is 2. The van der Waals surface area contributed by atoms with E-state index in [2.05, 4.69) is 5.32 Å². The van der Waals surface area contributed by atoms with E-state index in [1.165, 1.54) is 11.3 Å². The molecule has 0 spiro atoms. The fourth-order valence-corrected chi connectivity index (χ4v) is 2.24. The summed E-state index contributed by atoms with van der Waals surface area (Å²) in [6.07, 6.45) is -0.366. The molecule has 1 rings (SSSR count). The van der Waals surface area contributed by atoms with Crippen molar-refractivity contribution in [3.05, 3.63) is 21.9 Å². The third-order valence-electron chi connectivity index (χ3n) is 2.20. The van der Waals surface area contributed by atoms with E-state index < -0.39 is 0 Å². The normalized spacial score (nSPS) is 10.8. The van der Waals surface area contributed by atoms with Gasteiger partial charge in [0.05, 0.1) is 11.4 Å². The number of thiophene rings is 1. The van der Waals surface area contributed by atoms with Crippen molar-refractivity contribution in [2.24, 2.45) is 0 Å². The Hall–Kier alpha value is -0.910. The average molecular weight is 257 g/mol. The molecule has 0 atom stereocenters. The highest BCUT2D eigenvalue weighted by molar-refractivity contribution is 7.12. The van der Waals surface area contributed by atoms with Crippen LogP contribution in [0.25, 0.3) is 0 Å². The molecule has 0 saturated carbocycles. The molecule has 1 aromatic heterocycles. The van der Waals surface area contributed by atoms with Crippen molar-refractivity contribution in [1.82, 2.24) is 5.32 Å². The van der Waals surface area contributed by atoms with Gasteiger partial charge >= 0.3 is 0 Å². The summed E-state index contributed by atoms with van der Waals surface area (Å²) < 4.78 is 10.7. The lowest BCUT2D eigenvalue weighted by molar-refractivity contribution is -0.131. The van der Waals surface area contributed by atoms with Crippen LogP contribution in [0.5, 0.6) is 0 Å². The molecule has 5 heteroatoms. The Morgan fingerprint density at radius 2 is 2.06 bits per heavy atom. The standard InChI is InChI=1S/C12H19NO3S/c1-4-15-10(16-5-2)8-13-12(14)11-9(3)6-7-17-11/h6-7,10H,4-5,8H2,1-3H3,(H,13,14). The van der Waals surface area contributed by atoms with E-state index in [0.29, 0.717) is 19.8 Å². The van der Waals surface area contributed by atoms with Crippen molar-refractivity contribution in [2.45, 2.75) is 27.1 Å². The predicted octanol–water partition coefficient (Wildman–Crippen LogP) is 2.19. The van der Waals surface area contributed by atoms with E-state index in [-0.39, 0.29) is 12.2 Å². The van der Waals surface area contributed by atoms with Gasteiger partial charge in [-0.2, -0.15) is 0 Å². The first-order chi connectivity index (χ1) is 8.19. The highest BCUT2D eigenvalue weighted by Gasteiger charge is 2.13. The van der Waals surface area contributed by atoms with Crippen molar-refractivity contribution < 1.29 is 14.3 Å². The highest BCUT2D eigenvalue weighted by Crippen LogP contribution is 2.14. The van der Waals surface area contributed by atoms with Crippen molar-refractivity contribution in [2.75, 3.05) is 19.8 Å². The number of carbonyl (C=O) groups excluding carboxylic acids is 1. The second-order valence-electron chi connectivity index (χ2n) is 3.48. The smallest absolute Gasteiger partial charge is 0.261 e. The minimum absolute atomic E-state index is 0.0677. The Morgan fingerprint density at radius 3 is 2.53 bits per heavy atom. The fourth-order valence-electron chi connectivity index (χ4n) is 1.40. The van der Waals surface area contributed by atoms with Crippen LogP contribution in [0.4, 0.5) is 0 Å². The molecule has 17 heavy (non-hydrogen) atoms. The van der Waals surface area contributed by atoms with Crippen molar-refractivity contribution in [3.8, 4) is 0 Å². The third kappa shape index (κ3) is 4.46. The first kappa shape index (κ1) is 14.2. The SMILES string of the molecule is CCOC(CNC(=O)c1sccc1C)OCC. The van der Waals surface area contributed by atoms with Crippen LogP contribution in [0.2, 0.25) is 0 Å². The van der Waals surface area contributed by atoms with E-state index in [9.17, 15) is 4.79 Å². The molecule has 0 aromatic carbocycles. The Morgan fingerprint density at radius 1 is 1.41 bits per heavy atom. The van der Waals surface area contributed by atoms with E-state index in [1.54, 1.807) is 0 Å². The number of hydrogen-bond acceptors (Lipinski definition) is 4. The van der Waals surface area contributed by atoms with Crippen LogP contribution in [-0.4, -0.2) is 32.0 Å². The summed E-state index contributed by atoms with van der Waals surface area (Å²) in [6, 6.07) is 1.93. The summed E-state index contributed by atoms with van der Waals surface area (Å²) >= 11 is 1.44. The Labute approximate surface area is 106 Å². The molecule has 0 bridgehead atoms. The van der Waals surface area contributed by atoms with Crippen molar-refractivity contribution in [1.29, 1.82) is 0 Å². The second-order valence-corrected chi connectivity index (χ2v) is 4.40. The molecule has 1 amide bonds. The van der Waals surface area contributed by atoms with E-state index in [0.717, 1.165) is 10.4 Å². The predicted molar refractivity (Wildman–Crippen MR) is 68.4 cm³/mol. The van der Waals surface area contributed by atoms with Gasteiger partial charge in [-0.3, -0.25) is 4.79 Å². The van der Waals surface area contributed by atoms with Crippen LogP contribution in [0.1, 0.15) is 29.1 Å². The molecule has 1 N–H and O–H groups in total. The Kier molecular flexibility index (Phi) is 6.18. The third-order valence-corrected chi connectivity index (χ3v) is 3.22. The second kappa shape index (κ2) is 7.42. The van der Waals surface area contributed by atoms with Gasteiger partial charge < -0.3 is 14.8 Å². The fraction of sp³-hybridized carbons (Fsp3) is 0.583. The molecular formula is C12H19NO3S. The van der Waals surface area contributed by atoms with Crippen LogP contribution in [-0.2, 0) is 9.47 Å². The van der Waals surface area contributed by atoms with Gasteiger partial charge in [0.1, 0.15) is 0 Å². The summed E-state index contributed by atoms with van der Waals surface area (Å²) in [5, 5.41) is 4.73. The van der Waals surface area contributed by atoms with Crippen LogP contribution < -0.4 is 5.32 Å². The number of aryl methyl sites for hydroxylation is 1. The summed E-state index contributed by atoms with van der Waals surface area (Å²) in [6.45, 7) is 7.23. The van der Waals surface area contributed by atoms with Crippen LogP contribution >= 0.6 is 11.3 Å². The molecule has 0 radical (unpaired) electrons. The minimum Gasteiger partial charge on any atom is -0.351 e. The lowest BCUT2D eigenvalue weighted by atomic mass is 10.3. The molecule has 0 fully saturated rings. The number of amides is 1. The molecule has 4 nitrogen and oxygen atoms in total. The molecule has 0 aliphatic carbocycles. The maximum absolute atomic E-state index is 11.8. The lowest BCUT2D eigenvalue weighted by Crippen LogP contribution is -2.35. The van der Waals surface area contributed by atoms with Gasteiger partial charge in [-0.15, -0.1) is 11.3 Å². The van der Waals surface area contributed by atoms with Crippen LogP contribution in [0.15, 0.2) is 11.4 Å². The van der Waals surface area contributed by atoms with Gasteiger partial charge in [0.15, 0.2) is 6.29 Å². The van der Waals surface area contributed by atoms with Crippen LogP contribution in [0.3, 0.4) is 0 Å². The number of hydrogen-bond donors (Lipinski definition) is 1. The van der Waals surface area contributed by atoms with Crippen LogP contribution in [0, 0.1) is 6.92 Å². The van der Waals surface area contributed by atoms with Gasteiger partial charge in [-0.1, -0.05) is 0 Å². The molecule has 0 aliphatic heterocycles. The van der Waals surface area contributed by atoms with Gasteiger partial charge in [-0.25, -0.2) is 0 Å². The number of nitrogens with one attached hydrogen (secondary N) is 1. The zero-order valence-electron chi connectivity index (χ0n) is 10.5. The minimum atomic E-state index is -0.366. The maximum Gasteiger partial charge on any atom is 0.261 e. The highest BCUT2D eigenvalue weighted by atomic mass is 32.1. The molecule has 0 aliphatic rings. The quantitative estimate of drug-likeness (QED) is 0.762. The van der Waals surface area contributed by atoms with E-state index in [1.807, 2.05) is 32.2 Å². The topological polar surface area (TPSA) is 47.6 Å². The van der Waals surface area contributed by atoms with Gasteiger partial charge in [0, 0.05) is 13.2 Å². The zero-order valence-corrected chi connectivity index (χ0v) is 11.3. The van der Waals surface area contributed by atoms with Crippen molar-refractivity contribution >= 4 is 17.2 Å². The molecule has 0 saturated heterocycles. The van der Waals surface area contributed by atoms with Crippen molar-refractivity contribution in [3.63, 3.8) is 0 Å². The summed E-state index contributed by atoms with van der Waals surface area (Å²) in [4.78, 5) is 12.6.